The monoisotopic (exact) mass is 789 g/mol. The zero-order valence-corrected chi connectivity index (χ0v) is 36.5. The van der Waals surface area contributed by atoms with Crippen molar-refractivity contribution in [3.05, 3.63) is 12.2 Å². The van der Waals surface area contributed by atoms with E-state index in [4.69, 9.17) is 4.74 Å². The molecular formula is C45H76N2O7S. The van der Waals surface area contributed by atoms with Gasteiger partial charge in [-0.05, 0) is 136 Å². The molecule has 0 spiro atoms. The van der Waals surface area contributed by atoms with E-state index in [-0.39, 0.29) is 51.2 Å². The highest BCUT2D eigenvalue weighted by atomic mass is 32.3. The van der Waals surface area contributed by atoms with E-state index in [1.165, 1.54) is 31.3 Å². The zero-order valence-electron chi connectivity index (χ0n) is 35.7. The van der Waals surface area contributed by atoms with Gasteiger partial charge in [-0.3, -0.25) is 23.6 Å². The number of carboxylic acid groups (broad SMARTS) is 1. The van der Waals surface area contributed by atoms with Gasteiger partial charge in [-0.15, -0.1) is 0 Å². The molecule has 1 aliphatic heterocycles. The quantitative estimate of drug-likeness (QED) is 0.115. The summed E-state index contributed by atoms with van der Waals surface area (Å²) < 4.78 is 27.0. The van der Waals surface area contributed by atoms with Crippen LogP contribution in [-0.2, 0) is 14.3 Å². The molecule has 6 saturated carbocycles. The van der Waals surface area contributed by atoms with Crippen LogP contribution in [0.1, 0.15) is 133 Å². The Kier molecular flexibility index (Phi) is 10.7. The van der Waals surface area contributed by atoms with E-state index in [9.17, 15) is 28.9 Å². The Labute approximate surface area is 333 Å². The van der Waals surface area contributed by atoms with E-state index < -0.39 is 34.0 Å². The van der Waals surface area contributed by atoms with Crippen molar-refractivity contribution in [1.29, 1.82) is 0 Å². The topological polar surface area (TPSA) is 140 Å². The number of aliphatic hydroxyl groups is 1. The highest BCUT2D eigenvalue weighted by molar-refractivity contribution is 8.24. The van der Waals surface area contributed by atoms with Crippen molar-refractivity contribution >= 4 is 22.5 Å². The molecule has 1 saturated heterocycles. The van der Waals surface area contributed by atoms with Gasteiger partial charge in [0.15, 0.2) is 0 Å². The van der Waals surface area contributed by atoms with Crippen molar-refractivity contribution in [1.82, 2.24) is 10.2 Å². The Morgan fingerprint density at radius 3 is 2.13 bits per heavy atom. The second-order valence-electron chi connectivity index (χ2n) is 22.1. The van der Waals surface area contributed by atoms with E-state index in [2.05, 4.69) is 58.3 Å². The van der Waals surface area contributed by atoms with Gasteiger partial charge in [-0.2, -0.15) is 10.6 Å². The molecule has 10 heteroatoms. The zero-order chi connectivity index (χ0) is 40.3. The first kappa shape index (κ1) is 42.0. The second kappa shape index (κ2) is 14.0. The van der Waals surface area contributed by atoms with Crippen LogP contribution in [0.3, 0.4) is 0 Å². The molecule has 55 heavy (non-hydrogen) atoms. The maximum absolute atomic E-state index is 13.6. The largest absolute Gasteiger partial charge is 0.481 e. The van der Waals surface area contributed by atoms with Gasteiger partial charge in [0.2, 0.25) is 0 Å². The van der Waals surface area contributed by atoms with Gasteiger partial charge in [0, 0.05) is 36.6 Å². The number of allylic oxidation sites excluding steroid dienone is 1. The molecule has 5 N–H and O–H groups in total. The average molecular weight is 789 g/mol. The third-order valence-electron chi connectivity index (χ3n) is 19.2. The van der Waals surface area contributed by atoms with Crippen molar-refractivity contribution in [2.24, 2.45) is 68.5 Å². The Morgan fingerprint density at radius 2 is 1.53 bits per heavy atom. The summed E-state index contributed by atoms with van der Waals surface area (Å²) in [6.07, 6.45) is 11.0. The number of aliphatic hydroxyl groups excluding tert-OH is 1. The van der Waals surface area contributed by atoms with Crippen molar-refractivity contribution in [2.45, 2.75) is 157 Å². The molecule has 0 radical (unpaired) electrons. The number of carbonyl (C=O) groups excluding carboxylic acids is 1. The lowest BCUT2D eigenvalue weighted by molar-refractivity contribution is -0.248. The molecule has 0 unspecified atom stereocenters. The van der Waals surface area contributed by atoms with Gasteiger partial charge in [0.05, 0.1) is 29.4 Å². The fourth-order valence-electron chi connectivity index (χ4n) is 15.6. The standard InChI is InChI=1S/C45H76N2O7S/c1-27(2)29-13-18-45(46-26-33(28(3)48)47-21-23-55(52,53)24-22-47)20-19-43(9)30(37(29)45)11-12-35-42(8)16-15-36(41(6,7)34(42)14-17-44(35,43)10)54-39(51)32-25-31(38(49)50)40(32,4)5/h28-37,46,48,52-53H,1,11-26H2,2-10H3,(H,49,50)/t28-,29+,30-,31+,32-,33-,34+,35-,36+,37-,42+,43-,44-,45+/m1/s1. The molecule has 9 nitrogen and oxygen atoms in total. The molecule has 7 aliphatic rings. The highest BCUT2D eigenvalue weighted by Crippen LogP contribution is 2.76. The highest BCUT2D eigenvalue weighted by Gasteiger charge is 2.71. The van der Waals surface area contributed by atoms with Crippen LogP contribution in [0, 0.1) is 68.5 Å². The molecule has 314 valence electrons. The third kappa shape index (κ3) is 6.42. The maximum atomic E-state index is 13.6. The van der Waals surface area contributed by atoms with E-state index in [0.717, 1.165) is 38.5 Å². The maximum Gasteiger partial charge on any atom is 0.309 e. The van der Waals surface area contributed by atoms with Crippen LogP contribution < -0.4 is 5.32 Å². The van der Waals surface area contributed by atoms with Crippen LogP contribution in [-0.4, -0.2) is 91.1 Å². The Hall–Kier alpha value is -1.17. The number of aliphatic carboxylic acids is 1. The minimum atomic E-state index is -2.50. The number of rotatable bonds is 9. The van der Waals surface area contributed by atoms with E-state index in [1.54, 1.807) is 0 Å². The summed E-state index contributed by atoms with van der Waals surface area (Å²) >= 11 is 0. The minimum Gasteiger partial charge on any atom is -0.481 e. The van der Waals surface area contributed by atoms with Gasteiger partial charge < -0.3 is 20.3 Å². The molecule has 0 aromatic carbocycles. The number of esters is 1. The summed E-state index contributed by atoms with van der Waals surface area (Å²) in [6, 6.07) is -0.0641. The van der Waals surface area contributed by atoms with Gasteiger partial charge in [0.25, 0.3) is 0 Å². The van der Waals surface area contributed by atoms with Crippen LogP contribution in [0.4, 0.5) is 0 Å². The fraction of sp³-hybridized carbons (Fsp3) is 0.911. The SMILES string of the molecule is C=C(C)[C@@H]1CC[C@]2(NC[C@H]([C@@H](C)O)N3CCS(O)(O)CC3)CC[C@]3(C)[C@H](CC[C@@H]4[C@@]5(C)CC[C@H](OC(=O)[C@H]6C[C@@H](C(=O)O)C6(C)C)C(C)(C)[C@@H]5CC[C@]43C)[C@@H]12. The number of hydrogen-bond acceptors (Lipinski definition) is 8. The Balaban J connectivity index is 1.10. The van der Waals surface area contributed by atoms with E-state index >= 15 is 0 Å². The molecule has 0 aromatic heterocycles. The van der Waals surface area contributed by atoms with Crippen molar-refractivity contribution in [3.63, 3.8) is 0 Å². The fourth-order valence-corrected chi connectivity index (χ4v) is 16.8. The number of hydrogen-bond donors (Lipinski definition) is 5. The lowest BCUT2D eigenvalue weighted by Crippen LogP contribution is -2.69. The molecule has 6 aliphatic carbocycles. The molecule has 0 bridgehead atoms. The van der Waals surface area contributed by atoms with Gasteiger partial charge >= 0.3 is 11.9 Å². The molecular weight excluding hydrogens is 713 g/mol. The van der Waals surface area contributed by atoms with E-state index in [1.807, 2.05) is 20.8 Å². The average Bonchev–Trinajstić information content (AvgIpc) is 3.46. The number of fused-ring (bicyclic) bond motifs is 7. The summed E-state index contributed by atoms with van der Waals surface area (Å²) in [7, 11) is -2.50. The van der Waals surface area contributed by atoms with Crippen molar-refractivity contribution in [3.8, 4) is 0 Å². The summed E-state index contributed by atoms with van der Waals surface area (Å²) in [5, 5.41) is 24.9. The first-order chi connectivity index (χ1) is 25.5. The molecule has 14 atom stereocenters. The summed E-state index contributed by atoms with van der Waals surface area (Å²) in [5.74, 6) is 1.50. The smallest absolute Gasteiger partial charge is 0.309 e. The van der Waals surface area contributed by atoms with Crippen LogP contribution >= 0.6 is 10.6 Å². The van der Waals surface area contributed by atoms with Gasteiger partial charge in [0.1, 0.15) is 6.10 Å². The Bertz CT molecular complexity index is 1520. The predicted molar refractivity (Wildman–Crippen MR) is 220 cm³/mol. The number of nitrogens with zero attached hydrogens (tertiary/aromatic N) is 1. The molecule has 0 aromatic rings. The molecule has 1 heterocycles. The van der Waals surface area contributed by atoms with Gasteiger partial charge in [-0.25, -0.2) is 0 Å². The Morgan fingerprint density at radius 1 is 0.855 bits per heavy atom. The van der Waals surface area contributed by atoms with E-state index in [0.29, 0.717) is 67.2 Å². The number of nitrogens with one attached hydrogen (secondary N) is 1. The van der Waals surface area contributed by atoms with Crippen LogP contribution in [0.25, 0.3) is 0 Å². The summed E-state index contributed by atoms with van der Waals surface area (Å²) in [4.78, 5) is 27.7. The molecule has 7 fully saturated rings. The van der Waals surface area contributed by atoms with Crippen LogP contribution in [0.15, 0.2) is 12.2 Å². The van der Waals surface area contributed by atoms with Crippen molar-refractivity contribution in [2.75, 3.05) is 31.1 Å². The third-order valence-corrected chi connectivity index (χ3v) is 20.9. The number of carboxylic acids is 1. The first-order valence-corrected chi connectivity index (χ1v) is 23.8. The summed E-state index contributed by atoms with van der Waals surface area (Å²) in [5.41, 5.74) is 1.09. The lowest BCUT2D eigenvalue weighted by atomic mass is 9.32. The molecule has 0 amide bonds. The second-order valence-corrected chi connectivity index (χ2v) is 24.5. The molecule has 7 rings (SSSR count). The number of ether oxygens (including phenoxy) is 1. The summed E-state index contributed by atoms with van der Waals surface area (Å²) in [6.45, 7) is 27.1. The normalized spacial score (nSPS) is 47.3. The van der Waals surface area contributed by atoms with Crippen molar-refractivity contribution < 1.29 is 33.6 Å². The van der Waals surface area contributed by atoms with Crippen LogP contribution in [0.5, 0.6) is 0 Å². The predicted octanol–water partition coefficient (Wildman–Crippen LogP) is 8.46. The first-order valence-electron chi connectivity index (χ1n) is 21.9. The number of carbonyl (C=O) groups is 2. The lowest BCUT2D eigenvalue weighted by Gasteiger charge is -2.73. The van der Waals surface area contributed by atoms with Gasteiger partial charge in [-0.1, -0.05) is 60.6 Å². The minimum absolute atomic E-state index is 0.00734. The van der Waals surface area contributed by atoms with Crippen LogP contribution in [0.2, 0.25) is 0 Å².